The first kappa shape index (κ1) is 26.4. The molecule has 8 aromatic carbocycles. The van der Waals surface area contributed by atoms with E-state index in [9.17, 15) is 0 Å². The highest BCUT2D eigenvalue weighted by atomic mass is 14.6. The summed E-state index contributed by atoms with van der Waals surface area (Å²) in [7, 11) is 0. The maximum absolute atomic E-state index is 4.70. The van der Waals surface area contributed by atoms with Crippen LogP contribution < -0.4 is 0 Å². The lowest BCUT2D eigenvalue weighted by Crippen LogP contribution is -1.94. The summed E-state index contributed by atoms with van der Waals surface area (Å²) in [6, 6.07) is 59.3. The van der Waals surface area contributed by atoms with Gasteiger partial charge in [-0.05, 0) is 88.3 Å². The maximum atomic E-state index is 4.70. The summed E-state index contributed by atoms with van der Waals surface area (Å²) in [5.74, 6) is 0. The van der Waals surface area contributed by atoms with Crippen LogP contribution in [0.25, 0.3) is 87.6 Å². The first-order valence-corrected chi connectivity index (χ1v) is 15.8. The number of benzene rings is 8. The van der Waals surface area contributed by atoms with Gasteiger partial charge in [-0.3, -0.25) is 4.98 Å². The zero-order valence-corrected chi connectivity index (χ0v) is 25.2. The minimum absolute atomic E-state index is 1.16. The Morgan fingerprint density at radius 3 is 1.09 bits per heavy atom. The van der Waals surface area contributed by atoms with Gasteiger partial charge in [-0.2, -0.15) is 0 Å². The van der Waals surface area contributed by atoms with Crippen LogP contribution in [0.1, 0.15) is 0 Å². The fraction of sp³-hybridized carbons (Fsp3) is 0. The predicted octanol–water partition coefficient (Wildman–Crippen LogP) is 12.4. The average Bonchev–Trinajstić information content (AvgIpc) is 3.14. The van der Waals surface area contributed by atoms with E-state index in [0.717, 1.165) is 5.39 Å². The lowest BCUT2D eigenvalue weighted by Gasteiger charge is -2.20. The minimum Gasteiger partial charge on any atom is -0.264 e. The molecule has 0 saturated heterocycles. The van der Waals surface area contributed by atoms with E-state index in [4.69, 9.17) is 4.98 Å². The van der Waals surface area contributed by atoms with Crippen LogP contribution >= 0.6 is 0 Å². The van der Waals surface area contributed by atoms with Crippen molar-refractivity contribution in [2.24, 2.45) is 0 Å². The number of rotatable bonds is 4. The van der Waals surface area contributed by atoms with Crippen LogP contribution in [-0.2, 0) is 0 Å². The van der Waals surface area contributed by atoms with Gasteiger partial charge in [-0.25, -0.2) is 0 Å². The molecule has 214 valence electrons. The summed E-state index contributed by atoms with van der Waals surface area (Å²) >= 11 is 0. The molecule has 0 atom stereocenters. The second-order valence-electron chi connectivity index (χ2n) is 11.9. The van der Waals surface area contributed by atoms with Crippen LogP contribution in [0.5, 0.6) is 0 Å². The summed E-state index contributed by atoms with van der Waals surface area (Å²) in [6.07, 6.45) is 3.99. The average molecular weight is 584 g/mol. The van der Waals surface area contributed by atoms with Crippen LogP contribution in [-0.4, -0.2) is 4.98 Å². The topological polar surface area (TPSA) is 12.9 Å². The molecule has 1 heteroatoms. The van der Waals surface area contributed by atoms with Gasteiger partial charge in [0.25, 0.3) is 0 Å². The van der Waals surface area contributed by atoms with Crippen molar-refractivity contribution in [1.82, 2.24) is 4.98 Å². The summed E-state index contributed by atoms with van der Waals surface area (Å²) in [6.45, 7) is 0. The van der Waals surface area contributed by atoms with E-state index in [2.05, 4.69) is 170 Å². The Labute approximate surface area is 268 Å². The van der Waals surface area contributed by atoms with Gasteiger partial charge in [0.05, 0.1) is 0 Å². The van der Waals surface area contributed by atoms with Crippen molar-refractivity contribution in [1.29, 1.82) is 0 Å². The Kier molecular flexibility index (Phi) is 6.21. The van der Waals surface area contributed by atoms with E-state index in [1.807, 2.05) is 6.20 Å². The van der Waals surface area contributed by atoms with Crippen LogP contribution in [0.3, 0.4) is 0 Å². The first-order valence-electron chi connectivity index (χ1n) is 15.8. The zero-order valence-electron chi connectivity index (χ0n) is 25.2. The summed E-state index contributed by atoms with van der Waals surface area (Å²) in [5.41, 5.74) is 9.87. The first-order chi connectivity index (χ1) is 22.9. The smallest absolute Gasteiger partial charge is 0.0353 e. The number of pyridine rings is 1. The molecule has 0 amide bonds. The van der Waals surface area contributed by atoms with Gasteiger partial charge in [0.2, 0.25) is 0 Å². The Bertz CT molecular complexity index is 2330. The Balaban J connectivity index is 1.37. The lowest BCUT2D eigenvalue weighted by atomic mass is 9.83. The summed E-state index contributed by atoms with van der Waals surface area (Å²) in [4.78, 5) is 4.70. The van der Waals surface area contributed by atoms with Crippen molar-refractivity contribution in [3.63, 3.8) is 0 Å². The molecule has 0 fully saturated rings. The third-order valence-electron chi connectivity index (χ3n) is 9.38. The molecule has 1 nitrogen and oxygen atoms in total. The van der Waals surface area contributed by atoms with E-state index in [0.29, 0.717) is 0 Å². The van der Waals surface area contributed by atoms with E-state index >= 15 is 0 Å². The van der Waals surface area contributed by atoms with Crippen LogP contribution in [0.2, 0.25) is 0 Å². The number of hydrogen-bond donors (Lipinski definition) is 0. The highest BCUT2D eigenvalue weighted by Crippen LogP contribution is 2.48. The molecule has 9 aromatic rings. The third-order valence-corrected chi connectivity index (χ3v) is 9.38. The zero-order chi connectivity index (χ0) is 30.5. The largest absolute Gasteiger partial charge is 0.264 e. The highest BCUT2D eigenvalue weighted by Gasteiger charge is 2.20. The molecular formula is C45H29N. The molecule has 0 radical (unpaired) electrons. The summed E-state index contributed by atoms with van der Waals surface area (Å²) in [5, 5.41) is 9.82. The van der Waals surface area contributed by atoms with Gasteiger partial charge in [-0.1, -0.05) is 158 Å². The number of aromatic nitrogens is 1. The van der Waals surface area contributed by atoms with E-state index < -0.39 is 0 Å². The molecule has 0 aliphatic carbocycles. The Hall–Kier alpha value is -6.05. The molecule has 0 saturated carbocycles. The summed E-state index contributed by atoms with van der Waals surface area (Å²) < 4.78 is 0. The van der Waals surface area contributed by atoms with Crippen molar-refractivity contribution < 1.29 is 0 Å². The van der Waals surface area contributed by atoms with Crippen molar-refractivity contribution in [3.05, 3.63) is 176 Å². The van der Waals surface area contributed by atoms with E-state index in [-0.39, 0.29) is 0 Å². The normalized spacial score (nSPS) is 11.5. The fourth-order valence-corrected chi connectivity index (χ4v) is 7.37. The van der Waals surface area contributed by atoms with Crippen molar-refractivity contribution in [2.75, 3.05) is 0 Å². The van der Waals surface area contributed by atoms with E-state index in [1.165, 1.54) is 82.2 Å². The molecule has 1 heterocycles. The van der Waals surface area contributed by atoms with Gasteiger partial charge in [0.15, 0.2) is 0 Å². The SMILES string of the molecule is c1ccc(-c2ccc(-c3c4ccccc4c(-c4ccc(-c5ccccc5)c5ccccc45)c4cnccc34)c3ccccc23)cc1. The molecular weight excluding hydrogens is 555 g/mol. The number of nitrogens with zero attached hydrogens (tertiary/aromatic N) is 1. The quantitative estimate of drug-likeness (QED) is 0.188. The van der Waals surface area contributed by atoms with Gasteiger partial charge in [0.1, 0.15) is 0 Å². The maximum Gasteiger partial charge on any atom is 0.0353 e. The molecule has 0 N–H and O–H groups in total. The highest BCUT2D eigenvalue weighted by molar-refractivity contribution is 6.26. The van der Waals surface area contributed by atoms with Crippen molar-refractivity contribution >= 4 is 43.1 Å². The third kappa shape index (κ3) is 4.13. The molecule has 9 rings (SSSR count). The van der Waals surface area contributed by atoms with Crippen LogP contribution in [0.4, 0.5) is 0 Å². The van der Waals surface area contributed by atoms with Crippen molar-refractivity contribution in [2.45, 2.75) is 0 Å². The van der Waals surface area contributed by atoms with Gasteiger partial charge >= 0.3 is 0 Å². The van der Waals surface area contributed by atoms with Crippen molar-refractivity contribution in [3.8, 4) is 44.5 Å². The Morgan fingerprint density at radius 1 is 0.261 bits per heavy atom. The molecule has 0 spiro atoms. The Morgan fingerprint density at radius 2 is 0.609 bits per heavy atom. The second kappa shape index (κ2) is 10.8. The second-order valence-corrected chi connectivity index (χ2v) is 11.9. The molecule has 0 bridgehead atoms. The standard InChI is InChI=1S/C45H29N/c1-3-13-30(14-4-1)32-23-25-40(36-19-9-7-17-34(32)36)44-38-21-11-12-22-39(38)45(43-29-46-28-27-42(43)44)41-26-24-33(31-15-5-2-6-16-31)35-18-8-10-20-37(35)41/h1-29H. The monoisotopic (exact) mass is 583 g/mol. The van der Waals surface area contributed by atoms with Crippen LogP contribution in [0.15, 0.2) is 176 Å². The number of fused-ring (bicyclic) bond motifs is 4. The molecule has 0 aliphatic rings. The van der Waals surface area contributed by atoms with Gasteiger partial charge < -0.3 is 0 Å². The lowest BCUT2D eigenvalue weighted by molar-refractivity contribution is 1.37. The molecule has 0 unspecified atom stereocenters. The molecule has 0 aliphatic heterocycles. The molecule has 1 aromatic heterocycles. The molecule has 46 heavy (non-hydrogen) atoms. The number of hydrogen-bond acceptors (Lipinski definition) is 1. The fourth-order valence-electron chi connectivity index (χ4n) is 7.37. The van der Waals surface area contributed by atoms with Gasteiger partial charge in [0, 0.05) is 17.8 Å². The minimum atomic E-state index is 1.16. The predicted molar refractivity (Wildman–Crippen MR) is 196 cm³/mol. The van der Waals surface area contributed by atoms with Gasteiger partial charge in [-0.15, -0.1) is 0 Å². The van der Waals surface area contributed by atoms with Crippen LogP contribution in [0, 0.1) is 0 Å². The van der Waals surface area contributed by atoms with E-state index in [1.54, 1.807) is 0 Å².